The molecule has 1 atom stereocenters. The summed E-state index contributed by atoms with van der Waals surface area (Å²) in [6, 6.07) is 23.9. The number of benzene rings is 3. The van der Waals surface area contributed by atoms with Gasteiger partial charge in [-0.1, -0.05) is 134 Å². The van der Waals surface area contributed by atoms with Crippen molar-refractivity contribution in [3.05, 3.63) is 124 Å². The minimum absolute atomic E-state index is 0.00570. The third-order valence-corrected chi connectivity index (χ3v) is 9.18. The zero-order valence-electron chi connectivity index (χ0n) is 22.7. The van der Waals surface area contributed by atoms with Crippen LogP contribution in [-0.4, -0.2) is 27.0 Å². The average molecular weight is 602 g/mol. The SMILES string of the molecule is CC(C)(C)c1ccc(C2C(C(=O)C=Cc3ccccc3)=C(O)C(=O)N2c2nnc(SCc3ccccc3Cl)s2)cc1. The lowest BCUT2D eigenvalue weighted by Gasteiger charge is -2.25. The summed E-state index contributed by atoms with van der Waals surface area (Å²) in [5, 5.41) is 20.6. The second-order valence-electron chi connectivity index (χ2n) is 10.6. The first-order valence-electron chi connectivity index (χ1n) is 13.0. The Morgan fingerprint density at radius 1 is 1.02 bits per heavy atom. The average Bonchev–Trinajstić information content (AvgIpc) is 3.53. The first kappa shape index (κ1) is 28.8. The van der Waals surface area contributed by atoms with Crippen LogP contribution in [0.3, 0.4) is 0 Å². The van der Waals surface area contributed by atoms with Gasteiger partial charge in [-0.25, -0.2) is 0 Å². The quantitative estimate of drug-likeness (QED) is 0.125. The number of nitrogens with zero attached hydrogens (tertiary/aromatic N) is 3. The Bertz CT molecular complexity index is 1640. The van der Waals surface area contributed by atoms with Crippen LogP contribution in [0, 0.1) is 0 Å². The predicted octanol–water partition coefficient (Wildman–Crippen LogP) is 7.96. The molecule has 9 heteroatoms. The molecule has 1 unspecified atom stereocenters. The maximum absolute atomic E-state index is 13.5. The zero-order valence-corrected chi connectivity index (χ0v) is 25.1. The predicted molar refractivity (Wildman–Crippen MR) is 166 cm³/mol. The van der Waals surface area contributed by atoms with Crippen molar-refractivity contribution in [2.45, 2.75) is 42.3 Å². The van der Waals surface area contributed by atoms with Crippen LogP contribution < -0.4 is 4.90 Å². The van der Waals surface area contributed by atoms with Crippen molar-refractivity contribution in [3.8, 4) is 0 Å². The van der Waals surface area contributed by atoms with Crippen LogP contribution in [0.4, 0.5) is 5.13 Å². The molecule has 208 valence electrons. The van der Waals surface area contributed by atoms with Crippen LogP contribution in [-0.2, 0) is 20.8 Å². The van der Waals surface area contributed by atoms with Gasteiger partial charge < -0.3 is 5.11 Å². The molecule has 4 aromatic rings. The van der Waals surface area contributed by atoms with E-state index in [0.717, 1.165) is 16.7 Å². The smallest absolute Gasteiger partial charge is 0.296 e. The highest BCUT2D eigenvalue weighted by molar-refractivity contribution is 8.00. The van der Waals surface area contributed by atoms with Crippen molar-refractivity contribution in [1.82, 2.24) is 10.2 Å². The topological polar surface area (TPSA) is 83.4 Å². The van der Waals surface area contributed by atoms with E-state index in [1.165, 1.54) is 34.1 Å². The van der Waals surface area contributed by atoms with Crippen LogP contribution >= 0.6 is 34.7 Å². The minimum atomic E-state index is -0.862. The number of aliphatic hydroxyl groups excluding tert-OH is 1. The minimum Gasteiger partial charge on any atom is -0.503 e. The molecule has 0 saturated carbocycles. The number of halogens is 1. The van der Waals surface area contributed by atoms with Crippen molar-refractivity contribution in [2.75, 3.05) is 4.90 Å². The summed E-state index contributed by atoms with van der Waals surface area (Å²) in [5.41, 5.74) is 3.51. The van der Waals surface area contributed by atoms with Crippen LogP contribution in [0.15, 0.2) is 101 Å². The monoisotopic (exact) mass is 601 g/mol. The molecular formula is C32H28ClN3O3S2. The van der Waals surface area contributed by atoms with Gasteiger partial charge in [0.15, 0.2) is 15.9 Å². The van der Waals surface area contributed by atoms with Crippen LogP contribution in [0.5, 0.6) is 0 Å². The molecule has 0 spiro atoms. The van der Waals surface area contributed by atoms with Crippen molar-refractivity contribution in [3.63, 3.8) is 0 Å². The number of hydrogen-bond acceptors (Lipinski definition) is 7. The van der Waals surface area contributed by atoms with E-state index in [0.29, 0.717) is 25.8 Å². The van der Waals surface area contributed by atoms with Gasteiger partial charge in [0, 0.05) is 10.8 Å². The van der Waals surface area contributed by atoms with E-state index < -0.39 is 23.5 Å². The number of aliphatic hydroxyl groups is 1. The number of anilines is 1. The summed E-state index contributed by atoms with van der Waals surface area (Å²) in [6.07, 6.45) is 3.06. The summed E-state index contributed by atoms with van der Waals surface area (Å²) in [7, 11) is 0. The highest BCUT2D eigenvalue weighted by Gasteiger charge is 2.45. The number of allylic oxidation sites excluding steroid dienone is 1. The molecule has 2 heterocycles. The molecule has 5 rings (SSSR count). The fourth-order valence-electron chi connectivity index (χ4n) is 4.47. The van der Waals surface area contributed by atoms with Gasteiger partial charge in [-0.2, -0.15) is 0 Å². The van der Waals surface area contributed by atoms with Gasteiger partial charge in [0.2, 0.25) is 5.13 Å². The molecule has 41 heavy (non-hydrogen) atoms. The summed E-state index contributed by atoms with van der Waals surface area (Å²) in [5.74, 6) is -1.15. The first-order valence-corrected chi connectivity index (χ1v) is 15.2. The molecule has 1 aliphatic rings. The van der Waals surface area contributed by atoms with Crippen LogP contribution in [0.25, 0.3) is 6.08 Å². The van der Waals surface area contributed by atoms with Crippen LogP contribution in [0.2, 0.25) is 5.02 Å². The molecule has 1 N–H and O–H groups in total. The fraction of sp³-hybridized carbons (Fsp3) is 0.188. The molecule has 0 bridgehead atoms. The Balaban J connectivity index is 1.49. The van der Waals surface area contributed by atoms with E-state index in [2.05, 4.69) is 31.0 Å². The first-order chi connectivity index (χ1) is 19.6. The van der Waals surface area contributed by atoms with E-state index in [4.69, 9.17) is 11.6 Å². The van der Waals surface area contributed by atoms with Gasteiger partial charge in [-0.3, -0.25) is 14.5 Å². The number of hydrogen-bond donors (Lipinski definition) is 1. The number of carbonyl (C=O) groups excluding carboxylic acids is 2. The molecule has 0 saturated heterocycles. The molecule has 1 amide bonds. The maximum Gasteiger partial charge on any atom is 0.296 e. The normalized spacial score (nSPS) is 15.8. The van der Waals surface area contributed by atoms with Gasteiger partial charge in [0.25, 0.3) is 5.91 Å². The standard InChI is InChI=1S/C32H28ClN3O3S2/c1-32(2,3)23-16-14-21(15-17-23)27-26(25(37)18-13-20-9-5-4-6-10-20)28(38)29(39)36(27)30-34-35-31(41-30)40-19-22-11-7-8-12-24(22)33/h4-18,27,38H,19H2,1-3H3. The Labute approximate surface area is 252 Å². The number of carbonyl (C=O) groups is 2. The molecule has 0 fully saturated rings. The highest BCUT2D eigenvalue weighted by Crippen LogP contribution is 2.44. The summed E-state index contributed by atoms with van der Waals surface area (Å²) in [4.78, 5) is 28.4. The highest BCUT2D eigenvalue weighted by atomic mass is 35.5. The maximum atomic E-state index is 13.5. The van der Waals surface area contributed by atoms with Gasteiger partial charge in [-0.15, -0.1) is 10.2 Å². The summed E-state index contributed by atoms with van der Waals surface area (Å²) < 4.78 is 0.637. The lowest BCUT2D eigenvalue weighted by molar-refractivity contribution is -0.117. The molecule has 3 aromatic carbocycles. The molecule has 1 aliphatic heterocycles. The van der Waals surface area contributed by atoms with E-state index in [-0.39, 0.29) is 11.0 Å². The Morgan fingerprint density at radius 2 is 1.71 bits per heavy atom. The summed E-state index contributed by atoms with van der Waals surface area (Å²) in [6.45, 7) is 6.35. The Kier molecular flexibility index (Phi) is 8.45. The lowest BCUT2D eigenvalue weighted by atomic mass is 9.85. The van der Waals surface area contributed by atoms with Crippen LogP contribution in [0.1, 0.15) is 49.1 Å². The van der Waals surface area contributed by atoms with E-state index in [9.17, 15) is 14.7 Å². The van der Waals surface area contributed by atoms with Crippen molar-refractivity contribution in [1.29, 1.82) is 0 Å². The summed E-state index contributed by atoms with van der Waals surface area (Å²) >= 11 is 8.98. The van der Waals surface area contributed by atoms with Gasteiger partial charge >= 0.3 is 0 Å². The van der Waals surface area contributed by atoms with Crippen molar-refractivity contribution >= 4 is 57.6 Å². The molecular weight excluding hydrogens is 574 g/mol. The second-order valence-corrected chi connectivity index (χ2v) is 13.1. The largest absolute Gasteiger partial charge is 0.503 e. The van der Waals surface area contributed by atoms with E-state index >= 15 is 0 Å². The van der Waals surface area contributed by atoms with Crippen molar-refractivity contribution < 1.29 is 14.7 Å². The molecule has 6 nitrogen and oxygen atoms in total. The zero-order chi connectivity index (χ0) is 29.1. The number of aromatic nitrogens is 2. The number of ketones is 1. The third kappa shape index (κ3) is 6.30. The van der Waals surface area contributed by atoms with E-state index in [1.54, 1.807) is 6.08 Å². The number of rotatable bonds is 8. The molecule has 1 aromatic heterocycles. The number of amides is 1. The van der Waals surface area contributed by atoms with Gasteiger partial charge in [-0.05, 0) is 39.8 Å². The Hall–Kier alpha value is -3.72. The van der Waals surface area contributed by atoms with Crippen molar-refractivity contribution in [2.24, 2.45) is 0 Å². The number of thioether (sulfide) groups is 1. The molecule has 0 aliphatic carbocycles. The Morgan fingerprint density at radius 3 is 2.39 bits per heavy atom. The third-order valence-electron chi connectivity index (χ3n) is 6.70. The molecule has 0 radical (unpaired) electrons. The van der Waals surface area contributed by atoms with Gasteiger partial charge in [0.05, 0.1) is 11.6 Å². The lowest BCUT2D eigenvalue weighted by Crippen LogP contribution is -2.31. The fourth-order valence-corrected chi connectivity index (χ4v) is 6.63. The second kappa shape index (κ2) is 12.0. The van der Waals surface area contributed by atoms with E-state index in [1.807, 2.05) is 78.9 Å². The van der Waals surface area contributed by atoms with Gasteiger partial charge in [0.1, 0.15) is 0 Å².